The van der Waals surface area contributed by atoms with Crippen molar-refractivity contribution in [1.29, 1.82) is 0 Å². The second-order valence-corrected chi connectivity index (χ2v) is 5.95. The highest BCUT2D eigenvalue weighted by Crippen LogP contribution is 2.40. The van der Waals surface area contributed by atoms with Gasteiger partial charge in [0, 0.05) is 5.02 Å². The van der Waals surface area contributed by atoms with Gasteiger partial charge in [0.15, 0.2) is 0 Å². The molecule has 1 atom stereocenters. The highest BCUT2D eigenvalue weighted by molar-refractivity contribution is 6.36. The summed E-state index contributed by atoms with van der Waals surface area (Å²) >= 11 is 6.02. The van der Waals surface area contributed by atoms with Crippen molar-refractivity contribution in [3.63, 3.8) is 0 Å². The first-order valence-electron chi connectivity index (χ1n) is 7.37. The van der Waals surface area contributed by atoms with Crippen LogP contribution in [0.2, 0.25) is 5.02 Å². The molecule has 1 saturated heterocycles. The van der Waals surface area contributed by atoms with Crippen LogP contribution in [0, 0.1) is 0 Å². The van der Waals surface area contributed by atoms with Gasteiger partial charge in [-0.2, -0.15) is 0 Å². The molecule has 2 aliphatic heterocycles. The fourth-order valence-electron chi connectivity index (χ4n) is 2.58. The van der Waals surface area contributed by atoms with E-state index < -0.39 is 0 Å². The molecule has 0 saturated carbocycles. The van der Waals surface area contributed by atoms with Crippen molar-refractivity contribution >= 4 is 34.8 Å². The lowest BCUT2D eigenvalue weighted by atomic mass is 10.0. The van der Waals surface area contributed by atoms with E-state index in [1.54, 1.807) is 6.07 Å². The van der Waals surface area contributed by atoms with Crippen LogP contribution in [0.3, 0.4) is 0 Å². The fourth-order valence-corrected chi connectivity index (χ4v) is 2.78. The molecule has 0 spiro atoms. The number of hydrogen-bond acceptors (Lipinski definition) is 3. The van der Waals surface area contributed by atoms with Gasteiger partial charge in [-0.05, 0) is 35.9 Å². The largest absolute Gasteiger partial charge is 0.490 e. The number of halogens is 1. The second kappa shape index (κ2) is 5.72. The Bertz CT molecular complexity index is 812. The van der Waals surface area contributed by atoms with E-state index in [1.807, 2.05) is 42.5 Å². The molecule has 23 heavy (non-hydrogen) atoms. The average molecular weight is 328 g/mol. The fraction of sp³-hybridized carbons (Fsp3) is 0.167. The van der Waals surface area contributed by atoms with Gasteiger partial charge in [0.25, 0.3) is 5.91 Å². The Hall–Kier alpha value is -2.30. The summed E-state index contributed by atoms with van der Waals surface area (Å²) in [5.41, 5.74) is 3.00. The highest BCUT2D eigenvalue weighted by Gasteiger charge is 2.29. The van der Waals surface area contributed by atoms with Crippen LogP contribution in [0.1, 0.15) is 11.1 Å². The second-order valence-electron chi connectivity index (χ2n) is 5.51. The van der Waals surface area contributed by atoms with Crippen molar-refractivity contribution in [2.45, 2.75) is 6.10 Å². The van der Waals surface area contributed by atoms with Gasteiger partial charge in [-0.25, -0.2) is 0 Å². The molecule has 1 N–H and O–H groups in total. The summed E-state index contributed by atoms with van der Waals surface area (Å²) in [4.78, 5) is 12.3. The number of rotatable bonds is 4. The number of carbonyl (C=O) groups excluding carboxylic acids is 1. The number of epoxide rings is 1. The number of hydrogen-bond donors (Lipinski definition) is 1. The van der Waals surface area contributed by atoms with Crippen LogP contribution in [0.4, 0.5) is 5.69 Å². The van der Waals surface area contributed by atoms with E-state index in [2.05, 4.69) is 5.32 Å². The minimum Gasteiger partial charge on any atom is -0.490 e. The summed E-state index contributed by atoms with van der Waals surface area (Å²) in [6, 6.07) is 13.0. The summed E-state index contributed by atoms with van der Waals surface area (Å²) in [5, 5.41) is 3.51. The van der Waals surface area contributed by atoms with Crippen LogP contribution >= 0.6 is 11.6 Å². The molecule has 4 rings (SSSR count). The maximum atomic E-state index is 12.3. The minimum absolute atomic E-state index is 0.140. The first-order chi connectivity index (χ1) is 11.2. The molecule has 0 bridgehead atoms. The molecule has 1 fully saturated rings. The van der Waals surface area contributed by atoms with E-state index in [4.69, 9.17) is 21.1 Å². The third-order valence-corrected chi connectivity index (χ3v) is 4.01. The monoisotopic (exact) mass is 327 g/mol. The van der Waals surface area contributed by atoms with Gasteiger partial charge >= 0.3 is 0 Å². The molecule has 0 aromatic heterocycles. The summed E-state index contributed by atoms with van der Waals surface area (Å²) < 4.78 is 11.0. The zero-order valence-corrected chi connectivity index (χ0v) is 13.0. The van der Waals surface area contributed by atoms with Gasteiger partial charge in [-0.3, -0.25) is 4.79 Å². The van der Waals surface area contributed by atoms with Crippen LogP contribution in [0.15, 0.2) is 42.5 Å². The molecule has 1 unspecified atom stereocenters. The lowest BCUT2D eigenvalue weighted by Crippen LogP contribution is -2.05. The Labute approximate surface area is 138 Å². The zero-order chi connectivity index (χ0) is 15.8. The number of benzene rings is 2. The topological polar surface area (TPSA) is 50.9 Å². The number of carbonyl (C=O) groups is 1. The van der Waals surface area contributed by atoms with Gasteiger partial charge in [-0.1, -0.05) is 29.8 Å². The van der Waals surface area contributed by atoms with E-state index >= 15 is 0 Å². The van der Waals surface area contributed by atoms with Crippen LogP contribution in [0.5, 0.6) is 5.75 Å². The Morgan fingerprint density at radius 1 is 1.30 bits per heavy atom. The molecule has 2 aromatic carbocycles. The number of fused-ring (bicyclic) bond motifs is 1. The third-order valence-electron chi connectivity index (χ3n) is 3.78. The van der Waals surface area contributed by atoms with Crippen molar-refractivity contribution in [3.05, 3.63) is 58.6 Å². The summed E-state index contributed by atoms with van der Waals surface area (Å²) in [6.45, 7) is 1.23. The van der Waals surface area contributed by atoms with Crippen LogP contribution < -0.4 is 10.1 Å². The maximum absolute atomic E-state index is 12.3. The maximum Gasteiger partial charge on any atom is 0.256 e. The molecule has 4 nitrogen and oxygen atoms in total. The van der Waals surface area contributed by atoms with Crippen molar-refractivity contribution in [2.24, 2.45) is 0 Å². The lowest BCUT2D eigenvalue weighted by Gasteiger charge is -2.09. The predicted octanol–water partition coefficient (Wildman–Crippen LogP) is 3.61. The van der Waals surface area contributed by atoms with Crippen molar-refractivity contribution in [2.75, 3.05) is 18.5 Å². The molecule has 0 aliphatic carbocycles. The van der Waals surface area contributed by atoms with Gasteiger partial charge < -0.3 is 14.8 Å². The molecular weight excluding hydrogens is 314 g/mol. The minimum atomic E-state index is -0.140. The van der Waals surface area contributed by atoms with E-state index in [0.29, 0.717) is 23.0 Å². The van der Waals surface area contributed by atoms with Crippen molar-refractivity contribution in [1.82, 2.24) is 0 Å². The van der Waals surface area contributed by atoms with Crippen LogP contribution in [-0.4, -0.2) is 25.2 Å². The quantitative estimate of drug-likeness (QED) is 0.689. The van der Waals surface area contributed by atoms with Gasteiger partial charge in [0.2, 0.25) is 0 Å². The molecule has 116 valence electrons. The normalized spacial score (nSPS) is 20.3. The number of amides is 1. The molecule has 2 heterocycles. The first-order valence-corrected chi connectivity index (χ1v) is 7.75. The predicted molar refractivity (Wildman–Crippen MR) is 89.6 cm³/mol. The SMILES string of the molecule is O=C1Nc2cccc(OCC3CO3)c2/C1=C/c1cccc(Cl)c1. The smallest absolute Gasteiger partial charge is 0.256 e. The molecule has 5 heteroatoms. The molecule has 0 radical (unpaired) electrons. The van der Waals surface area contributed by atoms with Gasteiger partial charge in [0.1, 0.15) is 18.5 Å². The van der Waals surface area contributed by atoms with E-state index in [0.717, 1.165) is 23.4 Å². The lowest BCUT2D eigenvalue weighted by molar-refractivity contribution is -0.110. The summed E-state index contributed by atoms with van der Waals surface area (Å²) in [5.74, 6) is 0.545. The number of ether oxygens (including phenoxy) is 2. The third kappa shape index (κ3) is 2.96. The van der Waals surface area contributed by atoms with Crippen LogP contribution in [0.25, 0.3) is 11.6 Å². The van der Waals surface area contributed by atoms with Crippen molar-refractivity contribution in [3.8, 4) is 5.75 Å². The molecular formula is C18H14ClNO3. The molecule has 2 aromatic rings. The number of nitrogens with one attached hydrogen (secondary N) is 1. The van der Waals surface area contributed by atoms with Gasteiger partial charge in [0.05, 0.1) is 23.4 Å². The number of anilines is 1. The zero-order valence-electron chi connectivity index (χ0n) is 12.2. The van der Waals surface area contributed by atoms with Gasteiger partial charge in [-0.15, -0.1) is 0 Å². The van der Waals surface area contributed by atoms with Crippen LogP contribution in [-0.2, 0) is 9.53 Å². The van der Waals surface area contributed by atoms with E-state index in [9.17, 15) is 4.79 Å². The Morgan fingerprint density at radius 2 is 2.13 bits per heavy atom. The molecule has 1 amide bonds. The van der Waals surface area contributed by atoms with E-state index in [1.165, 1.54) is 0 Å². The highest BCUT2D eigenvalue weighted by atomic mass is 35.5. The van der Waals surface area contributed by atoms with Crippen molar-refractivity contribution < 1.29 is 14.3 Å². The Balaban J connectivity index is 1.73. The first kappa shape index (κ1) is 14.3. The summed E-state index contributed by atoms with van der Waals surface area (Å²) in [7, 11) is 0. The Morgan fingerprint density at radius 3 is 2.91 bits per heavy atom. The molecule has 2 aliphatic rings. The summed E-state index contributed by atoms with van der Waals surface area (Å²) in [6.07, 6.45) is 1.99. The average Bonchev–Trinajstić information content (AvgIpc) is 3.30. The van der Waals surface area contributed by atoms with E-state index in [-0.39, 0.29) is 12.0 Å². The standard InChI is InChI=1S/C18H14ClNO3/c19-12-4-1-3-11(7-12)8-14-17-15(20-18(14)21)5-2-6-16(17)23-10-13-9-22-13/h1-8,13H,9-10H2,(H,20,21)/b14-8-. The Kier molecular flexibility index (Phi) is 3.56.